The van der Waals surface area contributed by atoms with Gasteiger partial charge in [0.05, 0.1) is 21.8 Å². The Morgan fingerprint density at radius 2 is 1.78 bits per heavy atom. The van der Waals surface area contributed by atoms with Crippen LogP contribution in [0.4, 0.5) is 4.39 Å². The molecule has 4 rings (SSSR count). The molecule has 0 fully saturated rings. The maximum atomic E-state index is 13.5. The van der Waals surface area contributed by atoms with Crippen molar-refractivity contribution in [2.24, 2.45) is 5.73 Å². The summed E-state index contributed by atoms with van der Waals surface area (Å²) in [6, 6.07) is 15.4. The van der Waals surface area contributed by atoms with Gasteiger partial charge in [-0.15, -0.1) is 0 Å². The molecule has 4 nitrogen and oxygen atoms in total. The summed E-state index contributed by atoms with van der Waals surface area (Å²) in [5, 5.41) is 0.692. The first-order chi connectivity index (χ1) is 13.0. The lowest BCUT2D eigenvalue weighted by molar-refractivity contribution is 0.100. The first-order valence-electron chi connectivity index (χ1n) is 8.14. The van der Waals surface area contributed by atoms with Crippen LogP contribution in [0.25, 0.3) is 33.3 Å². The van der Waals surface area contributed by atoms with Gasteiger partial charge in [-0.3, -0.25) is 14.8 Å². The number of nitrogens with zero attached hydrogens (tertiary/aromatic N) is 2. The highest BCUT2D eigenvalue weighted by molar-refractivity contribution is 6.31. The number of pyridine rings is 2. The van der Waals surface area contributed by atoms with Gasteiger partial charge in [-0.2, -0.15) is 0 Å². The number of hydrogen-bond acceptors (Lipinski definition) is 3. The van der Waals surface area contributed by atoms with Crippen molar-refractivity contribution in [3.05, 3.63) is 83.4 Å². The Kier molecular flexibility index (Phi) is 4.30. The molecule has 0 radical (unpaired) electrons. The number of primary amides is 1. The second-order valence-corrected chi connectivity index (χ2v) is 6.39. The predicted octanol–water partition coefficient (Wildman–Crippen LogP) is 4.86. The molecule has 2 aromatic carbocycles. The van der Waals surface area contributed by atoms with E-state index in [-0.39, 0.29) is 5.02 Å². The van der Waals surface area contributed by atoms with Gasteiger partial charge in [0, 0.05) is 28.9 Å². The van der Waals surface area contributed by atoms with Gasteiger partial charge in [-0.25, -0.2) is 4.39 Å². The van der Waals surface area contributed by atoms with Gasteiger partial charge in [0.2, 0.25) is 5.91 Å². The van der Waals surface area contributed by atoms with E-state index in [1.807, 2.05) is 30.3 Å². The molecule has 27 heavy (non-hydrogen) atoms. The van der Waals surface area contributed by atoms with Crippen molar-refractivity contribution in [3.8, 4) is 22.4 Å². The first kappa shape index (κ1) is 17.1. The van der Waals surface area contributed by atoms with Gasteiger partial charge in [-0.05, 0) is 48.0 Å². The number of rotatable bonds is 3. The number of nitrogens with two attached hydrogens (primary N) is 1. The quantitative estimate of drug-likeness (QED) is 0.554. The van der Waals surface area contributed by atoms with E-state index in [0.717, 1.165) is 11.1 Å². The van der Waals surface area contributed by atoms with E-state index < -0.39 is 11.7 Å². The Morgan fingerprint density at radius 1 is 0.963 bits per heavy atom. The van der Waals surface area contributed by atoms with E-state index in [9.17, 15) is 9.18 Å². The number of hydrogen-bond donors (Lipinski definition) is 1. The van der Waals surface area contributed by atoms with Crippen LogP contribution in [0, 0.1) is 5.82 Å². The van der Waals surface area contributed by atoms with Crippen LogP contribution in [-0.2, 0) is 0 Å². The van der Waals surface area contributed by atoms with Crippen LogP contribution >= 0.6 is 11.6 Å². The van der Waals surface area contributed by atoms with Crippen molar-refractivity contribution < 1.29 is 9.18 Å². The van der Waals surface area contributed by atoms with Gasteiger partial charge in [0.1, 0.15) is 5.82 Å². The number of carbonyl (C=O) groups excluding carboxylic acids is 1. The largest absolute Gasteiger partial charge is 0.366 e. The zero-order chi connectivity index (χ0) is 19.0. The molecule has 0 aliphatic rings. The molecule has 0 spiro atoms. The average Bonchev–Trinajstić information content (AvgIpc) is 2.69. The van der Waals surface area contributed by atoms with E-state index in [4.69, 9.17) is 17.3 Å². The highest BCUT2D eigenvalue weighted by atomic mass is 35.5. The fourth-order valence-corrected chi connectivity index (χ4v) is 3.22. The molecule has 0 atom stereocenters. The summed E-state index contributed by atoms with van der Waals surface area (Å²) in [5.41, 5.74) is 9.57. The van der Waals surface area contributed by atoms with Crippen LogP contribution in [-0.4, -0.2) is 15.9 Å². The van der Waals surface area contributed by atoms with Gasteiger partial charge in [0.25, 0.3) is 0 Å². The molecular weight excluding hydrogens is 365 g/mol. The van der Waals surface area contributed by atoms with Gasteiger partial charge < -0.3 is 5.73 Å². The second-order valence-electron chi connectivity index (χ2n) is 5.98. The Hall–Kier alpha value is -3.31. The number of carbonyl (C=O) groups is 1. The molecule has 0 bridgehead atoms. The third kappa shape index (κ3) is 3.13. The number of benzene rings is 2. The minimum absolute atomic E-state index is 0.0304. The molecule has 2 N–H and O–H groups in total. The molecule has 0 unspecified atom stereocenters. The van der Waals surface area contributed by atoms with Crippen LogP contribution in [0.5, 0.6) is 0 Å². The van der Waals surface area contributed by atoms with E-state index in [1.165, 1.54) is 6.07 Å². The zero-order valence-corrected chi connectivity index (χ0v) is 14.7. The molecule has 0 aliphatic heterocycles. The standard InChI is InChI=1S/C21H13ClFN3O/c22-17-11-13(3-5-18(17)23)20-14(2-1-8-26-20)12-4-6-19-16(10-12)15(21(24)27)7-9-25-19/h1-11H,(H2,24,27). The topological polar surface area (TPSA) is 68.9 Å². The molecule has 6 heteroatoms. The molecule has 2 aromatic heterocycles. The van der Waals surface area contributed by atoms with Gasteiger partial charge >= 0.3 is 0 Å². The van der Waals surface area contributed by atoms with E-state index in [1.54, 1.807) is 30.6 Å². The van der Waals surface area contributed by atoms with Crippen LogP contribution < -0.4 is 5.73 Å². The first-order valence-corrected chi connectivity index (χ1v) is 8.52. The minimum atomic E-state index is -0.517. The summed E-state index contributed by atoms with van der Waals surface area (Å²) in [7, 11) is 0. The number of aromatic nitrogens is 2. The van der Waals surface area contributed by atoms with Crippen LogP contribution in [0.15, 0.2) is 67.0 Å². The fraction of sp³-hybridized carbons (Fsp3) is 0. The molecule has 0 saturated heterocycles. The van der Waals surface area contributed by atoms with E-state index in [2.05, 4.69) is 9.97 Å². The minimum Gasteiger partial charge on any atom is -0.366 e. The normalized spacial score (nSPS) is 10.9. The van der Waals surface area contributed by atoms with Gasteiger partial charge in [-0.1, -0.05) is 23.7 Å². The molecule has 1 amide bonds. The molecule has 2 heterocycles. The Labute approximate surface area is 159 Å². The Bertz CT molecular complexity index is 1190. The number of amides is 1. The summed E-state index contributed by atoms with van der Waals surface area (Å²) in [6.45, 7) is 0. The zero-order valence-electron chi connectivity index (χ0n) is 14.0. The molecule has 0 saturated carbocycles. The Balaban J connectivity index is 1.93. The van der Waals surface area contributed by atoms with Crippen LogP contribution in [0.3, 0.4) is 0 Å². The highest BCUT2D eigenvalue weighted by Gasteiger charge is 2.13. The molecule has 0 aliphatic carbocycles. The van der Waals surface area contributed by atoms with Crippen molar-refractivity contribution in [2.75, 3.05) is 0 Å². The Morgan fingerprint density at radius 3 is 2.56 bits per heavy atom. The monoisotopic (exact) mass is 377 g/mol. The maximum absolute atomic E-state index is 13.5. The second kappa shape index (κ2) is 6.78. The predicted molar refractivity (Wildman–Crippen MR) is 104 cm³/mol. The lowest BCUT2D eigenvalue weighted by Gasteiger charge is -2.11. The maximum Gasteiger partial charge on any atom is 0.249 e. The van der Waals surface area contributed by atoms with Crippen LogP contribution in [0.1, 0.15) is 10.4 Å². The van der Waals surface area contributed by atoms with E-state index in [0.29, 0.717) is 27.7 Å². The lowest BCUT2D eigenvalue weighted by atomic mass is 9.97. The van der Waals surface area contributed by atoms with Crippen molar-refractivity contribution in [1.82, 2.24) is 9.97 Å². The van der Waals surface area contributed by atoms with E-state index >= 15 is 0 Å². The third-order valence-electron chi connectivity index (χ3n) is 4.32. The summed E-state index contributed by atoms with van der Waals surface area (Å²) in [4.78, 5) is 20.5. The van der Waals surface area contributed by atoms with Crippen molar-refractivity contribution in [2.45, 2.75) is 0 Å². The smallest absolute Gasteiger partial charge is 0.249 e. The van der Waals surface area contributed by atoms with Crippen LogP contribution in [0.2, 0.25) is 5.02 Å². The highest BCUT2D eigenvalue weighted by Crippen LogP contribution is 2.33. The summed E-state index contributed by atoms with van der Waals surface area (Å²) in [6.07, 6.45) is 3.21. The fourth-order valence-electron chi connectivity index (χ4n) is 3.04. The number of halogens is 2. The molecular formula is C21H13ClFN3O. The third-order valence-corrected chi connectivity index (χ3v) is 4.61. The average molecular weight is 378 g/mol. The molecule has 132 valence electrons. The number of fused-ring (bicyclic) bond motifs is 1. The summed E-state index contributed by atoms with van der Waals surface area (Å²) in [5.74, 6) is -1.00. The summed E-state index contributed by atoms with van der Waals surface area (Å²) >= 11 is 5.93. The molecule has 4 aromatic rings. The van der Waals surface area contributed by atoms with Crippen molar-refractivity contribution >= 4 is 28.4 Å². The SMILES string of the molecule is NC(=O)c1ccnc2ccc(-c3cccnc3-c3ccc(F)c(Cl)c3)cc12. The summed E-state index contributed by atoms with van der Waals surface area (Å²) < 4.78 is 13.5. The lowest BCUT2D eigenvalue weighted by Crippen LogP contribution is -2.11. The van der Waals surface area contributed by atoms with Gasteiger partial charge in [0.15, 0.2) is 0 Å². The van der Waals surface area contributed by atoms with Crippen molar-refractivity contribution in [1.29, 1.82) is 0 Å². The van der Waals surface area contributed by atoms with Crippen molar-refractivity contribution in [3.63, 3.8) is 0 Å².